The zero-order chi connectivity index (χ0) is 22.2. The van der Waals surface area contributed by atoms with Crippen molar-refractivity contribution in [1.29, 1.82) is 5.26 Å². The van der Waals surface area contributed by atoms with Crippen LogP contribution in [0.1, 0.15) is 24.8 Å². The van der Waals surface area contributed by atoms with Crippen molar-refractivity contribution >= 4 is 40.5 Å². The first-order valence-electron chi connectivity index (χ1n) is 10.9. The highest BCUT2D eigenvalue weighted by molar-refractivity contribution is 7.13. The quantitative estimate of drug-likeness (QED) is 0.319. The van der Waals surface area contributed by atoms with Gasteiger partial charge in [0.1, 0.15) is 17.5 Å². The fourth-order valence-electron chi connectivity index (χ4n) is 4.55. The molecule has 1 aromatic carbocycles. The van der Waals surface area contributed by atoms with Crippen LogP contribution < -0.4 is 4.90 Å². The number of hydrogen-bond acceptors (Lipinski definition) is 7. The van der Waals surface area contributed by atoms with E-state index in [4.69, 9.17) is 9.40 Å². The largest absolute Gasteiger partial charge is 0.463 e. The van der Waals surface area contributed by atoms with Crippen LogP contribution in [0, 0.1) is 11.3 Å². The number of H-pyrrole nitrogens is 1. The predicted octanol–water partition coefficient (Wildman–Crippen LogP) is 6.29. The topological polar surface area (TPSA) is 94.6 Å². The molecule has 0 unspecified atom stereocenters. The highest BCUT2D eigenvalue weighted by Gasteiger charge is 2.24. The number of anilines is 1. The van der Waals surface area contributed by atoms with E-state index in [0.717, 1.165) is 34.5 Å². The minimum Gasteiger partial charge on any atom is -0.463 e. The maximum atomic E-state index is 10.3. The van der Waals surface area contributed by atoms with Crippen LogP contribution in [0.4, 0.5) is 5.69 Å². The van der Waals surface area contributed by atoms with Crippen LogP contribution in [0.3, 0.4) is 0 Å². The first-order chi connectivity index (χ1) is 16.3. The Labute approximate surface area is 206 Å². The van der Waals surface area contributed by atoms with E-state index < -0.39 is 0 Å². The number of halogens is 1. The standard InChI is InChI=1S/C25H20N6OS.ClH/c26-13-18-21(16-6-8-17(9-7-16)31-10-2-1-3-11-31)22-24(19-5-4-12-32-19)29-30-25(22)28-23(18)20-14-27-15-33-20;/h4-9,12,14-15H,1-3,10-11H2,(H,28,29,30);1H. The molecule has 0 bridgehead atoms. The lowest BCUT2D eigenvalue weighted by molar-refractivity contribution is 0.578. The third-order valence-electron chi connectivity index (χ3n) is 6.12. The van der Waals surface area contributed by atoms with Crippen LogP contribution in [-0.4, -0.2) is 33.3 Å². The third kappa shape index (κ3) is 3.73. The second kappa shape index (κ2) is 9.29. The Morgan fingerprint density at radius 1 is 1.09 bits per heavy atom. The van der Waals surface area contributed by atoms with Gasteiger partial charge < -0.3 is 9.32 Å². The molecular weight excluding hydrogens is 468 g/mol. The molecule has 1 N–H and O–H groups in total. The average molecular weight is 489 g/mol. The van der Waals surface area contributed by atoms with Gasteiger partial charge in [-0.2, -0.15) is 10.4 Å². The Morgan fingerprint density at radius 3 is 2.59 bits per heavy atom. The molecule has 0 radical (unpaired) electrons. The molecule has 0 aliphatic carbocycles. The summed E-state index contributed by atoms with van der Waals surface area (Å²) in [4.78, 5) is 12.2. The van der Waals surface area contributed by atoms with Gasteiger partial charge in [-0.25, -0.2) is 4.98 Å². The first kappa shape index (κ1) is 22.1. The zero-order valence-electron chi connectivity index (χ0n) is 18.2. The summed E-state index contributed by atoms with van der Waals surface area (Å²) in [6.07, 6.45) is 7.12. The van der Waals surface area contributed by atoms with Crippen LogP contribution in [0.25, 0.3) is 44.2 Å². The second-order valence-corrected chi connectivity index (χ2v) is 8.94. The van der Waals surface area contributed by atoms with E-state index in [1.54, 1.807) is 18.0 Å². The number of rotatable bonds is 4. The van der Waals surface area contributed by atoms with Crippen LogP contribution in [0.15, 0.2) is 58.8 Å². The summed E-state index contributed by atoms with van der Waals surface area (Å²) in [5.41, 5.74) is 7.06. The summed E-state index contributed by atoms with van der Waals surface area (Å²) in [6.45, 7) is 2.17. The van der Waals surface area contributed by atoms with Crippen molar-refractivity contribution in [1.82, 2.24) is 20.2 Å². The summed E-state index contributed by atoms with van der Waals surface area (Å²) in [7, 11) is 0. The van der Waals surface area contributed by atoms with Gasteiger partial charge in [0.15, 0.2) is 11.4 Å². The molecule has 1 fully saturated rings. The number of nitrogens with zero attached hydrogens (tertiary/aromatic N) is 5. The van der Waals surface area contributed by atoms with Gasteiger partial charge in [-0.3, -0.25) is 10.1 Å². The number of benzene rings is 1. The second-order valence-electron chi connectivity index (χ2n) is 8.06. The van der Waals surface area contributed by atoms with E-state index in [2.05, 4.69) is 50.4 Å². The molecule has 1 aliphatic heterocycles. The maximum absolute atomic E-state index is 10.3. The van der Waals surface area contributed by atoms with Crippen molar-refractivity contribution in [2.75, 3.05) is 18.0 Å². The Bertz CT molecular complexity index is 1450. The first-order valence-corrected chi connectivity index (χ1v) is 11.8. The predicted molar refractivity (Wildman–Crippen MR) is 136 cm³/mol. The molecule has 0 saturated carbocycles. The van der Waals surface area contributed by atoms with E-state index in [-0.39, 0.29) is 12.4 Å². The Morgan fingerprint density at radius 2 is 1.91 bits per heavy atom. The molecule has 6 rings (SSSR count). The van der Waals surface area contributed by atoms with E-state index >= 15 is 0 Å². The van der Waals surface area contributed by atoms with Crippen LogP contribution in [-0.2, 0) is 0 Å². The Hall–Kier alpha value is -3.67. The maximum Gasteiger partial charge on any atom is 0.182 e. The highest BCUT2D eigenvalue weighted by Crippen LogP contribution is 2.41. The van der Waals surface area contributed by atoms with Crippen molar-refractivity contribution in [3.63, 3.8) is 0 Å². The van der Waals surface area contributed by atoms with E-state index in [9.17, 15) is 5.26 Å². The lowest BCUT2D eigenvalue weighted by Crippen LogP contribution is -2.29. The molecular formula is C25H21ClN6OS. The van der Waals surface area contributed by atoms with Crippen LogP contribution >= 0.6 is 23.7 Å². The van der Waals surface area contributed by atoms with Crippen LogP contribution in [0.5, 0.6) is 0 Å². The molecule has 5 heterocycles. The monoisotopic (exact) mass is 488 g/mol. The van der Waals surface area contributed by atoms with Gasteiger partial charge in [-0.1, -0.05) is 12.1 Å². The number of aromatic amines is 1. The number of nitriles is 1. The molecule has 34 heavy (non-hydrogen) atoms. The average Bonchev–Trinajstić information content (AvgIpc) is 3.65. The molecule has 170 valence electrons. The normalized spacial score (nSPS) is 13.6. The Balaban J connectivity index is 0.00000241. The number of nitrogens with one attached hydrogen (secondary N) is 1. The van der Waals surface area contributed by atoms with Gasteiger partial charge in [0, 0.05) is 30.5 Å². The highest BCUT2D eigenvalue weighted by atomic mass is 35.5. The smallest absolute Gasteiger partial charge is 0.182 e. The van der Waals surface area contributed by atoms with Crippen molar-refractivity contribution in [3.8, 4) is 39.2 Å². The van der Waals surface area contributed by atoms with Gasteiger partial charge in [-0.05, 0) is 49.1 Å². The molecule has 0 spiro atoms. The zero-order valence-corrected chi connectivity index (χ0v) is 19.8. The van der Waals surface area contributed by atoms with Crippen molar-refractivity contribution in [2.45, 2.75) is 19.3 Å². The fourth-order valence-corrected chi connectivity index (χ4v) is 5.17. The van der Waals surface area contributed by atoms with E-state index in [0.29, 0.717) is 28.4 Å². The van der Waals surface area contributed by atoms with Gasteiger partial charge in [0.2, 0.25) is 0 Å². The van der Waals surface area contributed by atoms with Crippen LogP contribution in [0.2, 0.25) is 0 Å². The van der Waals surface area contributed by atoms with Crippen molar-refractivity contribution in [2.24, 2.45) is 0 Å². The number of aromatic nitrogens is 4. The molecule has 5 aromatic rings. The molecule has 4 aromatic heterocycles. The number of fused-ring (bicyclic) bond motifs is 1. The number of pyridine rings is 1. The van der Waals surface area contributed by atoms with Gasteiger partial charge in [-0.15, -0.1) is 23.7 Å². The number of thiazole rings is 1. The third-order valence-corrected chi connectivity index (χ3v) is 6.90. The molecule has 1 aliphatic rings. The summed E-state index contributed by atoms with van der Waals surface area (Å²) < 4.78 is 5.65. The number of furan rings is 1. The lowest BCUT2D eigenvalue weighted by atomic mass is 9.94. The minimum atomic E-state index is 0. The van der Waals surface area contributed by atoms with Crippen molar-refractivity contribution in [3.05, 3.63) is 59.9 Å². The van der Waals surface area contributed by atoms with Crippen molar-refractivity contribution < 1.29 is 4.42 Å². The fraction of sp³-hybridized carbons (Fsp3) is 0.200. The lowest BCUT2D eigenvalue weighted by Gasteiger charge is -2.29. The molecule has 1 saturated heterocycles. The summed E-state index contributed by atoms with van der Waals surface area (Å²) in [5, 5.41) is 18.6. The molecule has 0 atom stereocenters. The SMILES string of the molecule is Cl.N#Cc1c(-c2cncs2)nc2n[nH]c(-c3ccco3)c2c1-c1ccc(N2CCCCC2)cc1. The minimum absolute atomic E-state index is 0. The molecule has 7 nitrogen and oxygen atoms in total. The molecule has 0 amide bonds. The molecule has 9 heteroatoms. The number of hydrogen-bond donors (Lipinski definition) is 1. The van der Waals surface area contributed by atoms with Gasteiger partial charge >= 0.3 is 0 Å². The van der Waals surface area contributed by atoms with Gasteiger partial charge in [0.05, 0.1) is 27.6 Å². The Kier molecular flexibility index (Phi) is 6.05. The van der Waals surface area contributed by atoms with Gasteiger partial charge in [0.25, 0.3) is 0 Å². The number of piperidine rings is 1. The van der Waals surface area contributed by atoms with E-state index in [1.807, 2.05) is 12.1 Å². The van der Waals surface area contributed by atoms with E-state index in [1.165, 1.54) is 36.3 Å². The summed E-state index contributed by atoms with van der Waals surface area (Å²) in [5.74, 6) is 0.653. The summed E-state index contributed by atoms with van der Waals surface area (Å²) in [6, 6.07) is 14.6. The summed E-state index contributed by atoms with van der Waals surface area (Å²) >= 11 is 1.46.